The number of primary amides is 1. The number of nitrogens with one attached hydrogen (secondary N) is 1. The van der Waals surface area contributed by atoms with Crippen molar-refractivity contribution in [2.75, 3.05) is 6.61 Å². The topological polar surface area (TPSA) is 81.4 Å². The molecule has 0 spiro atoms. The van der Waals surface area contributed by atoms with E-state index in [4.69, 9.17) is 22.1 Å². The molecule has 2 rings (SSSR count). The van der Waals surface area contributed by atoms with Crippen molar-refractivity contribution in [1.82, 2.24) is 5.32 Å². The van der Waals surface area contributed by atoms with Crippen LogP contribution < -0.4 is 15.8 Å². The maximum absolute atomic E-state index is 12.1. The third-order valence-electron chi connectivity index (χ3n) is 2.84. The quantitative estimate of drug-likeness (QED) is 0.856. The third-order valence-corrected chi connectivity index (χ3v) is 3.10. The highest BCUT2D eigenvalue weighted by Crippen LogP contribution is 2.14. The van der Waals surface area contributed by atoms with Crippen LogP contribution in [-0.4, -0.2) is 18.4 Å². The monoisotopic (exact) mass is 318 g/mol. The Morgan fingerprint density at radius 3 is 2.55 bits per heavy atom. The number of hydrogen-bond acceptors (Lipinski definition) is 3. The van der Waals surface area contributed by atoms with Gasteiger partial charge in [-0.15, -0.1) is 0 Å². The Morgan fingerprint density at radius 2 is 1.86 bits per heavy atom. The molecule has 3 N–H and O–H groups in total. The van der Waals surface area contributed by atoms with Gasteiger partial charge in [-0.2, -0.15) is 0 Å². The molecule has 0 aromatic heterocycles. The summed E-state index contributed by atoms with van der Waals surface area (Å²) >= 11 is 5.81. The van der Waals surface area contributed by atoms with Gasteiger partial charge in [0, 0.05) is 17.1 Å². The Labute approximate surface area is 133 Å². The van der Waals surface area contributed by atoms with Gasteiger partial charge in [0.25, 0.3) is 11.8 Å². The standard InChI is InChI=1S/C16H15ClN2O3/c17-13-6-4-11(5-7-13)9-19-16(21)12-2-1-3-14(8-12)22-10-15(18)20/h1-8H,9-10H2,(H2,18,20)(H,19,21). The Balaban J connectivity index is 1.95. The molecule has 0 saturated heterocycles. The molecule has 114 valence electrons. The van der Waals surface area contributed by atoms with Crippen molar-refractivity contribution in [1.29, 1.82) is 0 Å². The maximum Gasteiger partial charge on any atom is 0.255 e. The lowest BCUT2D eigenvalue weighted by molar-refractivity contribution is -0.119. The molecule has 2 amide bonds. The minimum Gasteiger partial charge on any atom is -0.484 e. The molecular formula is C16H15ClN2O3. The summed E-state index contributed by atoms with van der Waals surface area (Å²) in [6.07, 6.45) is 0. The number of benzene rings is 2. The van der Waals surface area contributed by atoms with Crippen LogP contribution in [0, 0.1) is 0 Å². The third kappa shape index (κ3) is 4.79. The predicted octanol–water partition coefficient (Wildman–Crippen LogP) is 2.13. The lowest BCUT2D eigenvalue weighted by Crippen LogP contribution is -2.23. The van der Waals surface area contributed by atoms with E-state index in [0.717, 1.165) is 5.56 Å². The van der Waals surface area contributed by atoms with Crippen molar-refractivity contribution in [3.05, 3.63) is 64.7 Å². The first-order valence-electron chi connectivity index (χ1n) is 6.58. The molecule has 22 heavy (non-hydrogen) atoms. The van der Waals surface area contributed by atoms with E-state index in [1.54, 1.807) is 36.4 Å². The molecule has 0 bridgehead atoms. The molecule has 0 aliphatic heterocycles. The number of ether oxygens (including phenoxy) is 1. The van der Waals surface area contributed by atoms with Crippen molar-refractivity contribution >= 4 is 23.4 Å². The summed E-state index contributed by atoms with van der Waals surface area (Å²) in [5.41, 5.74) is 6.39. The number of hydrogen-bond donors (Lipinski definition) is 2. The highest BCUT2D eigenvalue weighted by atomic mass is 35.5. The largest absolute Gasteiger partial charge is 0.484 e. The van der Waals surface area contributed by atoms with Crippen molar-refractivity contribution in [3.8, 4) is 5.75 Å². The summed E-state index contributed by atoms with van der Waals surface area (Å²) in [7, 11) is 0. The van der Waals surface area contributed by atoms with Crippen LogP contribution in [0.25, 0.3) is 0 Å². The Hall–Kier alpha value is -2.53. The van der Waals surface area contributed by atoms with Crippen LogP contribution in [0.3, 0.4) is 0 Å². The van der Waals surface area contributed by atoms with Crippen LogP contribution >= 0.6 is 11.6 Å². The molecule has 2 aromatic rings. The van der Waals surface area contributed by atoms with Crippen molar-refractivity contribution in [3.63, 3.8) is 0 Å². The molecule has 0 heterocycles. The molecular weight excluding hydrogens is 304 g/mol. The second-order valence-electron chi connectivity index (χ2n) is 4.59. The van der Waals surface area contributed by atoms with Crippen molar-refractivity contribution in [2.45, 2.75) is 6.54 Å². The molecule has 6 heteroatoms. The van der Waals surface area contributed by atoms with Crippen LogP contribution in [0.2, 0.25) is 5.02 Å². The number of amides is 2. The average Bonchev–Trinajstić information content (AvgIpc) is 2.52. The summed E-state index contributed by atoms with van der Waals surface area (Å²) in [6.45, 7) is 0.165. The Bertz CT molecular complexity index is 671. The maximum atomic E-state index is 12.1. The zero-order chi connectivity index (χ0) is 15.9. The van der Waals surface area contributed by atoms with Gasteiger partial charge in [-0.3, -0.25) is 9.59 Å². The number of nitrogens with two attached hydrogens (primary N) is 1. The van der Waals surface area contributed by atoms with E-state index in [9.17, 15) is 9.59 Å². The summed E-state index contributed by atoms with van der Waals surface area (Å²) in [5.74, 6) is -0.394. The molecule has 0 atom stereocenters. The van der Waals surface area contributed by atoms with Crippen molar-refractivity contribution < 1.29 is 14.3 Å². The van der Waals surface area contributed by atoms with Gasteiger partial charge in [-0.05, 0) is 35.9 Å². The second kappa shape index (κ2) is 7.47. The fourth-order valence-electron chi connectivity index (χ4n) is 1.77. The van der Waals surface area contributed by atoms with Crippen LogP contribution in [0.15, 0.2) is 48.5 Å². The summed E-state index contributed by atoms with van der Waals surface area (Å²) in [6, 6.07) is 13.8. The van der Waals surface area contributed by atoms with Gasteiger partial charge in [0.15, 0.2) is 6.61 Å². The van der Waals surface area contributed by atoms with Crippen molar-refractivity contribution in [2.24, 2.45) is 5.73 Å². The zero-order valence-electron chi connectivity index (χ0n) is 11.7. The first-order valence-corrected chi connectivity index (χ1v) is 6.96. The number of carbonyl (C=O) groups is 2. The van der Waals surface area contributed by atoms with Crippen LogP contribution in [-0.2, 0) is 11.3 Å². The molecule has 0 unspecified atom stereocenters. The van der Waals surface area contributed by atoms with E-state index in [0.29, 0.717) is 22.9 Å². The SMILES string of the molecule is NC(=O)COc1cccc(C(=O)NCc2ccc(Cl)cc2)c1. The highest BCUT2D eigenvalue weighted by molar-refractivity contribution is 6.30. The van der Waals surface area contributed by atoms with E-state index in [-0.39, 0.29) is 12.5 Å². The van der Waals surface area contributed by atoms with Crippen LogP contribution in [0.1, 0.15) is 15.9 Å². The van der Waals surface area contributed by atoms with E-state index in [1.807, 2.05) is 12.1 Å². The smallest absolute Gasteiger partial charge is 0.255 e. The van der Waals surface area contributed by atoms with E-state index >= 15 is 0 Å². The van der Waals surface area contributed by atoms with E-state index in [2.05, 4.69) is 5.32 Å². The average molecular weight is 319 g/mol. The zero-order valence-corrected chi connectivity index (χ0v) is 12.5. The number of halogens is 1. The lowest BCUT2D eigenvalue weighted by Gasteiger charge is -2.08. The van der Waals surface area contributed by atoms with Gasteiger partial charge in [0.05, 0.1) is 0 Å². The van der Waals surface area contributed by atoms with Gasteiger partial charge in [-0.1, -0.05) is 29.8 Å². The summed E-state index contributed by atoms with van der Waals surface area (Å²) in [5, 5.41) is 3.45. The van der Waals surface area contributed by atoms with Crippen LogP contribution in [0.4, 0.5) is 0 Å². The summed E-state index contributed by atoms with van der Waals surface area (Å²) < 4.78 is 5.16. The second-order valence-corrected chi connectivity index (χ2v) is 5.03. The van der Waals surface area contributed by atoms with Gasteiger partial charge in [-0.25, -0.2) is 0 Å². The molecule has 0 fully saturated rings. The molecule has 5 nitrogen and oxygen atoms in total. The van der Waals surface area contributed by atoms with E-state index in [1.165, 1.54) is 0 Å². The van der Waals surface area contributed by atoms with Gasteiger partial charge in [0.1, 0.15) is 5.75 Å². The number of rotatable bonds is 6. The Kier molecular flexibility index (Phi) is 5.38. The fourth-order valence-corrected chi connectivity index (χ4v) is 1.89. The lowest BCUT2D eigenvalue weighted by atomic mass is 10.2. The fraction of sp³-hybridized carbons (Fsp3) is 0.125. The minimum atomic E-state index is -0.572. The van der Waals surface area contributed by atoms with E-state index < -0.39 is 5.91 Å². The molecule has 0 saturated carbocycles. The first kappa shape index (κ1) is 15.9. The van der Waals surface area contributed by atoms with Gasteiger partial charge < -0.3 is 15.8 Å². The summed E-state index contributed by atoms with van der Waals surface area (Å²) in [4.78, 5) is 22.8. The first-order chi connectivity index (χ1) is 10.5. The highest BCUT2D eigenvalue weighted by Gasteiger charge is 2.07. The van der Waals surface area contributed by atoms with Crippen LogP contribution in [0.5, 0.6) is 5.75 Å². The number of carbonyl (C=O) groups excluding carboxylic acids is 2. The van der Waals surface area contributed by atoms with Gasteiger partial charge >= 0.3 is 0 Å². The molecule has 0 aliphatic rings. The van der Waals surface area contributed by atoms with Gasteiger partial charge in [0.2, 0.25) is 0 Å². The molecule has 0 aliphatic carbocycles. The minimum absolute atomic E-state index is 0.226. The Morgan fingerprint density at radius 1 is 1.14 bits per heavy atom. The normalized spacial score (nSPS) is 10.0. The molecule has 0 radical (unpaired) electrons. The predicted molar refractivity (Wildman–Crippen MR) is 83.8 cm³/mol. The molecule has 2 aromatic carbocycles.